The molecule has 4 unspecified atom stereocenters. The number of urea groups is 1. The number of para-hydroxylation sites is 1. The monoisotopic (exact) mass is 737 g/mol. The van der Waals surface area contributed by atoms with Gasteiger partial charge in [0.15, 0.2) is 6.29 Å². The molecule has 5 aromatic carbocycles. The van der Waals surface area contributed by atoms with Crippen molar-refractivity contribution in [2.24, 2.45) is 5.92 Å². The minimum absolute atomic E-state index is 0.00531. The van der Waals surface area contributed by atoms with Crippen LogP contribution in [0.1, 0.15) is 67.3 Å². The third-order valence-corrected chi connectivity index (χ3v) is 10.7. The lowest BCUT2D eigenvalue weighted by Gasteiger charge is -2.43. The van der Waals surface area contributed by atoms with Crippen molar-refractivity contribution in [3.05, 3.63) is 162 Å². The number of nitrogens with one attached hydrogen (secondary N) is 2. The maximum atomic E-state index is 12.8. The maximum Gasteiger partial charge on any atom is 0.319 e. The topological polar surface area (TPSA) is 92.3 Å². The number of hydrogen-bond acceptors (Lipinski definition) is 6. The molecule has 1 saturated heterocycles. The lowest BCUT2D eigenvalue weighted by Crippen LogP contribution is -2.47. The number of aliphatic hydroxyl groups is 1. The zero-order valence-electron chi connectivity index (χ0n) is 31.5. The summed E-state index contributed by atoms with van der Waals surface area (Å²) in [6, 6.07) is 41.7. The highest BCUT2D eigenvalue weighted by molar-refractivity contribution is 5.89. The lowest BCUT2D eigenvalue weighted by molar-refractivity contribution is -0.276. The first-order chi connectivity index (χ1) is 26.9. The summed E-state index contributed by atoms with van der Waals surface area (Å²) < 4.78 is 19.6. The molecule has 1 aliphatic carbocycles. The minimum atomic E-state index is -0.565. The maximum absolute atomic E-state index is 12.8. The number of carbonyl (C=O) groups is 1. The highest BCUT2D eigenvalue weighted by atomic mass is 16.7. The molecule has 4 atom stereocenters. The Morgan fingerprint density at radius 2 is 1.53 bits per heavy atom. The number of amides is 2. The van der Waals surface area contributed by atoms with Crippen LogP contribution >= 0.6 is 0 Å². The van der Waals surface area contributed by atoms with E-state index in [1.165, 1.54) is 25.7 Å². The van der Waals surface area contributed by atoms with Gasteiger partial charge in [-0.1, -0.05) is 105 Å². The van der Waals surface area contributed by atoms with Crippen molar-refractivity contribution in [2.45, 2.75) is 70.3 Å². The summed E-state index contributed by atoms with van der Waals surface area (Å²) in [6.45, 7) is 8.29. The fraction of sp³-hybridized carbons (Fsp3) is 0.298. The molecule has 0 aromatic heterocycles. The third kappa shape index (κ3) is 9.90. The molecule has 0 radical (unpaired) electrons. The minimum Gasteiger partial charge on any atom is -0.457 e. The fourth-order valence-corrected chi connectivity index (χ4v) is 7.68. The van der Waals surface area contributed by atoms with Gasteiger partial charge in [0.1, 0.15) is 11.5 Å². The second kappa shape index (κ2) is 18.4. The molecule has 2 amide bonds. The van der Waals surface area contributed by atoms with Gasteiger partial charge in [-0.05, 0) is 89.2 Å². The van der Waals surface area contributed by atoms with Gasteiger partial charge in [0.05, 0.1) is 18.8 Å². The van der Waals surface area contributed by atoms with Gasteiger partial charge in [-0.15, -0.1) is 6.58 Å². The predicted molar refractivity (Wildman–Crippen MR) is 218 cm³/mol. The Hall–Kier alpha value is -5.25. The molecular formula is C47H51N3O5. The summed E-state index contributed by atoms with van der Waals surface area (Å²) in [6.07, 6.45) is 6.15. The summed E-state index contributed by atoms with van der Waals surface area (Å²) in [7, 11) is 0. The summed E-state index contributed by atoms with van der Waals surface area (Å²) in [5.74, 6) is 1.55. The van der Waals surface area contributed by atoms with E-state index in [1.54, 1.807) is 0 Å². The molecule has 0 spiro atoms. The van der Waals surface area contributed by atoms with Crippen molar-refractivity contribution < 1.29 is 24.1 Å². The summed E-state index contributed by atoms with van der Waals surface area (Å²) in [4.78, 5) is 15.4. The van der Waals surface area contributed by atoms with E-state index in [1.807, 2.05) is 91.0 Å². The van der Waals surface area contributed by atoms with Gasteiger partial charge in [0.25, 0.3) is 0 Å². The van der Waals surface area contributed by atoms with Crippen LogP contribution < -0.4 is 15.4 Å². The van der Waals surface area contributed by atoms with E-state index >= 15 is 0 Å². The van der Waals surface area contributed by atoms with E-state index in [0.29, 0.717) is 24.0 Å². The van der Waals surface area contributed by atoms with Gasteiger partial charge in [-0.2, -0.15) is 0 Å². The number of ether oxygens (including phenoxy) is 3. The molecule has 3 N–H and O–H groups in total. The Balaban J connectivity index is 1.03. The summed E-state index contributed by atoms with van der Waals surface area (Å²) >= 11 is 0. The van der Waals surface area contributed by atoms with E-state index in [0.717, 1.165) is 52.2 Å². The number of anilines is 1. The number of rotatable bonds is 14. The van der Waals surface area contributed by atoms with Gasteiger partial charge in [-0.25, -0.2) is 4.79 Å². The van der Waals surface area contributed by atoms with Crippen LogP contribution in [0.25, 0.3) is 11.1 Å². The van der Waals surface area contributed by atoms with Gasteiger partial charge >= 0.3 is 6.03 Å². The van der Waals surface area contributed by atoms with E-state index in [-0.39, 0.29) is 30.8 Å². The molecule has 55 heavy (non-hydrogen) atoms. The number of nitrogens with zero attached hydrogens (tertiary/aromatic N) is 1. The van der Waals surface area contributed by atoms with Crippen LogP contribution in [0.2, 0.25) is 0 Å². The Morgan fingerprint density at radius 3 is 2.25 bits per heavy atom. The number of carbonyl (C=O) groups excluding carboxylic acids is 1. The van der Waals surface area contributed by atoms with Crippen LogP contribution in [0, 0.1) is 5.92 Å². The molecule has 284 valence electrons. The van der Waals surface area contributed by atoms with Crippen LogP contribution in [0.5, 0.6) is 11.5 Å². The average Bonchev–Trinajstić information content (AvgIpc) is 3.77. The Kier molecular flexibility index (Phi) is 12.7. The number of hydrogen-bond donors (Lipinski definition) is 3. The normalized spacial score (nSPS) is 19.9. The Labute approximate surface area is 324 Å². The van der Waals surface area contributed by atoms with E-state index < -0.39 is 6.29 Å². The number of benzene rings is 5. The second-order valence-electron chi connectivity index (χ2n) is 14.6. The lowest BCUT2D eigenvalue weighted by atomic mass is 9.89. The fourth-order valence-electron chi connectivity index (χ4n) is 7.68. The molecule has 0 bridgehead atoms. The van der Waals surface area contributed by atoms with Crippen LogP contribution in [-0.4, -0.2) is 41.3 Å². The molecular weight excluding hydrogens is 687 g/mol. The quantitative estimate of drug-likeness (QED) is 0.0983. The first-order valence-corrected chi connectivity index (χ1v) is 19.4. The smallest absolute Gasteiger partial charge is 0.319 e. The highest BCUT2D eigenvalue weighted by Crippen LogP contribution is 2.43. The van der Waals surface area contributed by atoms with Crippen molar-refractivity contribution in [1.29, 1.82) is 0 Å². The highest BCUT2D eigenvalue weighted by Gasteiger charge is 2.40. The first-order valence-electron chi connectivity index (χ1n) is 19.4. The molecule has 1 heterocycles. The van der Waals surface area contributed by atoms with Crippen LogP contribution in [0.15, 0.2) is 140 Å². The molecule has 2 aliphatic rings. The SMILES string of the molecule is C=CCN(CC1OC(c2cccc(-c3cccc(CNC(=O)Nc4ccc(Oc5ccccc5)cc4)c3)c2)OC(c2ccc(CO)cc2)C1C)C1CCCC1. The van der Waals surface area contributed by atoms with Gasteiger partial charge < -0.3 is 30.0 Å². The van der Waals surface area contributed by atoms with Crippen molar-refractivity contribution >= 4 is 11.7 Å². The Morgan fingerprint density at radius 1 is 0.818 bits per heavy atom. The molecule has 8 nitrogen and oxygen atoms in total. The Bertz CT molecular complexity index is 2000. The predicted octanol–water partition coefficient (Wildman–Crippen LogP) is 10.2. The van der Waals surface area contributed by atoms with Crippen molar-refractivity contribution in [2.75, 3.05) is 18.4 Å². The van der Waals surface area contributed by atoms with Crippen molar-refractivity contribution in [3.63, 3.8) is 0 Å². The van der Waals surface area contributed by atoms with Crippen molar-refractivity contribution in [3.8, 4) is 22.6 Å². The van der Waals surface area contributed by atoms with Gasteiger partial charge in [0.2, 0.25) is 0 Å². The van der Waals surface area contributed by atoms with Gasteiger partial charge in [-0.3, -0.25) is 4.90 Å². The second-order valence-corrected chi connectivity index (χ2v) is 14.6. The van der Waals surface area contributed by atoms with Crippen LogP contribution in [0.3, 0.4) is 0 Å². The molecule has 1 aliphatic heterocycles. The molecule has 1 saturated carbocycles. The van der Waals surface area contributed by atoms with Crippen LogP contribution in [-0.2, 0) is 22.6 Å². The molecule has 8 heteroatoms. The molecule has 2 fully saturated rings. The van der Waals surface area contributed by atoms with E-state index in [9.17, 15) is 9.90 Å². The largest absolute Gasteiger partial charge is 0.457 e. The zero-order chi connectivity index (χ0) is 38.0. The van der Waals surface area contributed by atoms with E-state index in [4.69, 9.17) is 14.2 Å². The summed E-state index contributed by atoms with van der Waals surface area (Å²) in [5.41, 5.74) is 6.62. The van der Waals surface area contributed by atoms with Crippen molar-refractivity contribution in [1.82, 2.24) is 10.2 Å². The first kappa shape index (κ1) is 38.0. The van der Waals surface area contributed by atoms with E-state index in [2.05, 4.69) is 71.5 Å². The molecule has 7 rings (SSSR count). The zero-order valence-corrected chi connectivity index (χ0v) is 31.5. The van der Waals surface area contributed by atoms with Crippen LogP contribution in [0.4, 0.5) is 10.5 Å². The summed E-state index contributed by atoms with van der Waals surface area (Å²) in [5, 5.41) is 15.6. The van der Waals surface area contributed by atoms with Gasteiger partial charge in [0, 0.05) is 42.8 Å². The standard InChI is InChI=1S/C47H51N3O5/c1-3-27-50(41-15-7-8-16-41)31-44-33(2)45(36-21-19-34(32-51)20-22-36)55-46(54-44)39-14-10-13-38(29-39)37-12-9-11-35(28-37)30-48-47(52)49-40-23-25-43(26-24-40)53-42-17-5-4-6-18-42/h3-6,9-14,17-26,28-29,33,41,44-46,51H,1,7-8,15-16,27,30-32H2,2H3,(H2,48,49,52). The number of aliphatic hydroxyl groups excluding tert-OH is 1. The molecule has 5 aromatic rings. The average molecular weight is 738 g/mol. The third-order valence-electron chi connectivity index (χ3n) is 10.7.